The lowest BCUT2D eigenvalue weighted by molar-refractivity contribution is -0.144. The molecule has 0 aliphatic heterocycles. The molecule has 0 spiro atoms. The minimum atomic E-state index is -0.812. The predicted octanol–water partition coefficient (Wildman–Crippen LogP) is 3.40. The summed E-state index contributed by atoms with van der Waals surface area (Å²) < 4.78 is 5.07. The Bertz CT molecular complexity index is 988. The molecule has 0 aromatic heterocycles. The second-order valence-electron chi connectivity index (χ2n) is 7.44. The molecule has 0 heterocycles. The first-order chi connectivity index (χ1) is 14.5. The van der Waals surface area contributed by atoms with Crippen LogP contribution in [0.15, 0.2) is 54.1 Å². The predicted molar refractivity (Wildman–Crippen MR) is 116 cm³/mol. The van der Waals surface area contributed by atoms with Crippen molar-refractivity contribution in [1.29, 1.82) is 5.26 Å². The Morgan fingerprint density at radius 3 is 2.63 bits per heavy atom. The maximum absolute atomic E-state index is 12.3. The molecular weight excluding hydrogens is 378 g/mol. The van der Waals surface area contributed by atoms with E-state index >= 15 is 0 Å². The molecule has 6 heteroatoms. The van der Waals surface area contributed by atoms with Gasteiger partial charge in [-0.3, -0.25) is 4.79 Å². The van der Waals surface area contributed by atoms with E-state index in [4.69, 9.17) is 4.74 Å². The highest BCUT2D eigenvalue weighted by atomic mass is 16.5. The van der Waals surface area contributed by atoms with Gasteiger partial charge in [-0.15, -0.1) is 0 Å². The van der Waals surface area contributed by atoms with Crippen molar-refractivity contribution in [1.82, 2.24) is 5.32 Å². The highest BCUT2D eigenvalue weighted by Crippen LogP contribution is 2.29. The van der Waals surface area contributed by atoms with Crippen LogP contribution in [-0.2, 0) is 20.7 Å². The van der Waals surface area contributed by atoms with Crippen LogP contribution in [0.25, 0.3) is 6.08 Å². The third-order valence-corrected chi connectivity index (χ3v) is 5.10. The number of ether oxygens (including phenoxy) is 1. The van der Waals surface area contributed by atoms with Crippen LogP contribution in [0, 0.1) is 11.3 Å². The summed E-state index contributed by atoms with van der Waals surface area (Å²) in [5.41, 5.74) is 3.92. The van der Waals surface area contributed by atoms with Crippen molar-refractivity contribution in [3.63, 3.8) is 0 Å². The summed E-state index contributed by atoms with van der Waals surface area (Å²) in [5.74, 6) is -1.19. The van der Waals surface area contributed by atoms with Gasteiger partial charge in [0.1, 0.15) is 11.6 Å². The average molecular weight is 403 g/mol. The molecular formula is C24H25N3O3. The minimum Gasteiger partial charge on any atom is -0.451 e. The molecule has 0 radical (unpaired) electrons. The molecule has 154 valence electrons. The Labute approximate surface area is 176 Å². The number of anilines is 1. The Morgan fingerprint density at radius 1 is 1.20 bits per heavy atom. The van der Waals surface area contributed by atoms with E-state index in [1.165, 1.54) is 11.6 Å². The normalized spacial score (nSPS) is 15.5. The number of carbonyl (C=O) groups is 2. The van der Waals surface area contributed by atoms with Gasteiger partial charge in [0, 0.05) is 19.8 Å². The van der Waals surface area contributed by atoms with E-state index < -0.39 is 12.6 Å². The molecule has 1 amide bonds. The Kier molecular flexibility index (Phi) is 6.87. The molecule has 2 aromatic carbocycles. The third-order valence-electron chi connectivity index (χ3n) is 5.10. The smallest absolute Gasteiger partial charge is 0.349 e. The SMILES string of the molecule is CN(C)c1ccc(/C=C(\C#N)C(=O)OCC(=O)NC2CCCc3ccccc32)cc1. The first-order valence-electron chi connectivity index (χ1n) is 9.91. The zero-order valence-corrected chi connectivity index (χ0v) is 17.2. The number of esters is 1. The molecule has 3 rings (SSSR count). The molecule has 1 atom stereocenters. The molecule has 1 N–H and O–H groups in total. The second kappa shape index (κ2) is 9.75. The molecule has 1 unspecified atom stereocenters. The fraction of sp³-hybridized carbons (Fsp3) is 0.292. The molecule has 1 aliphatic carbocycles. The average Bonchev–Trinajstić information content (AvgIpc) is 2.76. The lowest BCUT2D eigenvalue weighted by Crippen LogP contribution is -2.34. The van der Waals surface area contributed by atoms with Crippen LogP contribution in [0.3, 0.4) is 0 Å². The molecule has 6 nitrogen and oxygen atoms in total. The maximum atomic E-state index is 12.3. The fourth-order valence-electron chi connectivity index (χ4n) is 3.52. The molecule has 0 fully saturated rings. The van der Waals surface area contributed by atoms with Crippen molar-refractivity contribution in [2.45, 2.75) is 25.3 Å². The van der Waals surface area contributed by atoms with E-state index in [1.807, 2.05) is 67.5 Å². The van der Waals surface area contributed by atoms with Crippen molar-refractivity contribution in [2.75, 3.05) is 25.6 Å². The van der Waals surface area contributed by atoms with Gasteiger partial charge in [-0.1, -0.05) is 36.4 Å². The molecule has 1 aliphatic rings. The van der Waals surface area contributed by atoms with Gasteiger partial charge in [-0.25, -0.2) is 4.79 Å². The second-order valence-corrected chi connectivity index (χ2v) is 7.44. The maximum Gasteiger partial charge on any atom is 0.349 e. The summed E-state index contributed by atoms with van der Waals surface area (Å²) in [5, 5.41) is 12.2. The van der Waals surface area contributed by atoms with E-state index in [1.54, 1.807) is 0 Å². The van der Waals surface area contributed by atoms with Crippen LogP contribution in [0.1, 0.15) is 35.6 Å². The van der Waals surface area contributed by atoms with Crippen molar-refractivity contribution < 1.29 is 14.3 Å². The largest absolute Gasteiger partial charge is 0.451 e. The van der Waals surface area contributed by atoms with Crippen LogP contribution in [-0.4, -0.2) is 32.6 Å². The van der Waals surface area contributed by atoms with E-state index in [0.29, 0.717) is 5.56 Å². The van der Waals surface area contributed by atoms with Gasteiger partial charge in [-0.05, 0) is 54.2 Å². The number of aryl methyl sites for hydroxylation is 1. The van der Waals surface area contributed by atoms with Crippen molar-refractivity contribution in [3.05, 3.63) is 70.8 Å². The Morgan fingerprint density at radius 2 is 1.93 bits per heavy atom. The standard InChI is InChI=1S/C24H25N3O3/c1-27(2)20-12-10-17(11-13-20)14-19(15-25)24(29)30-16-23(28)26-22-9-5-7-18-6-3-4-8-21(18)22/h3-4,6,8,10-14,22H,5,7,9,16H2,1-2H3,(H,26,28)/b19-14+. The first kappa shape index (κ1) is 21.1. The number of fused-ring (bicyclic) bond motifs is 1. The minimum absolute atomic E-state index is 0.0812. The van der Waals surface area contributed by atoms with Crippen molar-refractivity contribution in [3.8, 4) is 6.07 Å². The number of nitriles is 1. The van der Waals surface area contributed by atoms with Crippen molar-refractivity contribution in [2.24, 2.45) is 0 Å². The molecule has 0 saturated heterocycles. The molecule has 30 heavy (non-hydrogen) atoms. The first-order valence-corrected chi connectivity index (χ1v) is 9.91. The third kappa shape index (κ3) is 5.26. The van der Waals surface area contributed by atoms with Crippen LogP contribution in [0.4, 0.5) is 5.69 Å². The van der Waals surface area contributed by atoms with E-state index in [2.05, 4.69) is 11.4 Å². The number of nitrogens with one attached hydrogen (secondary N) is 1. The summed E-state index contributed by atoms with van der Waals surface area (Å²) in [6, 6.07) is 17.2. The van der Waals surface area contributed by atoms with Gasteiger partial charge >= 0.3 is 5.97 Å². The number of benzene rings is 2. The number of hydrogen-bond acceptors (Lipinski definition) is 5. The van der Waals surface area contributed by atoms with Crippen LogP contribution in [0.2, 0.25) is 0 Å². The summed E-state index contributed by atoms with van der Waals surface area (Å²) in [6.45, 7) is -0.421. The van der Waals surface area contributed by atoms with Gasteiger partial charge in [0.25, 0.3) is 5.91 Å². The zero-order chi connectivity index (χ0) is 21.5. The van der Waals surface area contributed by atoms with E-state index in [-0.39, 0.29) is 17.5 Å². The van der Waals surface area contributed by atoms with Gasteiger partial charge in [-0.2, -0.15) is 5.26 Å². The number of rotatable bonds is 6. The lowest BCUT2D eigenvalue weighted by Gasteiger charge is -2.26. The van der Waals surface area contributed by atoms with Crippen LogP contribution in [0.5, 0.6) is 0 Å². The zero-order valence-electron chi connectivity index (χ0n) is 17.2. The lowest BCUT2D eigenvalue weighted by atomic mass is 9.88. The highest BCUT2D eigenvalue weighted by molar-refractivity contribution is 5.98. The molecule has 0 bridgehead atoms. The monoisotopic (exact) mass is 403 g/mol. The quantitative estimate of drug-likeness (QED) is 0.454. The van der Waals surface area contributed by atoms with Gasteiger partial charge in [0.05, 0.1) is 6.04 Å². The Hall–Kier alpha value is -3.59. The molecule has 0 saturated carbocycles. The van der Waals surface area contributed by atoms with Crippen LogP contribution >= 0.6 is 0 Å². The number of nitrogens with zero attached hydrogens (tertiary/aromatic N) is 2. The summed E-state index contributed by atoms with van der Waals surface area (Å²) in [7, 11) is 3.86. The summed E-state index contributed by atoms with van der Waals surface area (Å²) in [4.78, 5) is 26.5. The van der Waals surface area contributed by atoms with E-state index in [9.17, 15) is 14.9 Å². The van der Waals surface area contributed by atoms with Gasteiger partial charge in [0.2, 0.25) is 0 Å². The van der Waals surface area contributed by atoms with Gasteiger partial charge < -0.3 is 15.0 Å². The summed E-state index contributed by atoms with van der Waals surface area (Å²) >= 11 is 0. The van der Waals surface area contributed by atoms with Crippen LogP contribution < -0.4 is 10.2 Å². The topological polar surface area (TPSA) is 82.4 Å². The number of hydrogen-bond donors (Lipinski definition) is 1. The number of carbonyl (C=O) groups excluding carboxylic acids is 2. The highest BCUT2D eigenvalue weighted by Gasteiger charge is 2.22. The summed E-state index contributed by atoms with van der Waals surface area (Å²) in [6.07, 6.45) is 4.30. The fourth-order valence-corrected chi connectivity index (χ4v) is 3.52. The van der Waals surface area contributed by atoms with Crippen molar-refractivity contribution >= 4 is 23.6 Å². The van der Waals surface area contributed by atoms with E-state index in [0.717, 1.165) is 30.5 Å². The van der Waals surface area contributed by atoms with Gasteiger partial charge in [0.15, 0.2) is 6.61 Å². The number of amides is 1. The molecule has 2 aromatic rings. The Balaban J connectivity index is 1.57.